The molecule has 0 N–H and O–H groups in total. The van der Waals surface area contributed by atoms with Gasteiger partial charge in [0.15, 0.2) is 6.23 Å². The first-order valence-corrected chi connectivity index (χ1v) is 6.57. The van der Waals surface area contributed by atoms with Crippen molar-refractivity contribution in [2.24, 2.45) is 5.41 Å². The van der Waals surface area contributed by atoms with Gasteiger partial charge < -0.3 is 14.4 Å². The van der Waals surface area contributed by atoms with Crippen molar-refractivity contribution in [3.8, 4) is 0 Å². The average molecular weight is 285 g/mol. The van der Waals surface area contributed by atoms with E-state index in [-0.39, 0.29) is 23.2 Å². The van der Waals surface area contributed by atoms with Crippen LogP contribution in [0.1, 0.15) is 41.5 Å². The van der Waals surface area contributed by atoms with Crippen molar-refractivity contribution in [2.75, 3.05) is 14.2 Å². The van der Waals surface area contributed by atoms with Crippen molar-refractivity contribution in [3.05, 3.63) is 11.6 Å². The topological polar surface area (TPSA) is 55.8 Å². The summed E-state index contributed by atoms with van der Waals surface area (Å²) in [6, 6.07) is 0. The summed E-state index contributed by atoms with van der Waals surface area (Å²) in [7, 11) is 3.36. The van der Waals surface area contributed by atoms with Crippen LogP contribution in [0.15, 0.2) is 11.6 Å². The minimum absolute atomic E-state index is 0.0688. The van der Waals surface area contributed by atoms with Crippen molar-refractivity contribution in [1.29, 1.82) is 0 Å². The lowest BCUT2D eigenvalue weighted by molar-refractivity contribution is -0.138. The fourth-order valence-electron chi connectivity index (χ4n) is 1.57. The maximum atomic E-state index is 11.7. The van der Waals surface area contributed by atoms with E-state index in [9.17, 15) is 9.59 Å². The van der Waals surface area contributed by atoms with Gasteiger partial charge >= 0.3 is 0 Å². The monoisotopic (exact) mass is 285 g/mol. The lowest BCUT2D eigenvalue weighted by Gasteiger charge is -2.21. The molecule has 1 rings (SSSR count). The number of nitrogens with zero attached hydrogens (tertiary/aromatic N) is 1. The molecule has 1 aliphatic heterocycles. The van der Waals surface area contributed by atoms with E-state index in [1.807, 2.05) is 47.6 Å². The standard InChI is InChI=1S/C10H17NO2.C5H10O2/c1-10(2,3)7-6-8(13-5)11(4)9(7)12;1-5(2,3)7-4-6/h6,8H,1-5H3;4H,1-3H3. The predicted octanol–water partition coefficient (Wildman–Crippen LogP) is 2.36. The zero-order valence-corrected chi connectivity index (χ0v) is 13.8. The second-order valence-corrected chi connectivity index (χ2v) is 6.70. The van der Waals surface area contributed by atoms with Gasteiger partial charge in [0.1, 0.15) is 5.60 Å². The van der Waals surface area contributed by atoms with Crippen molar-refractivity contribution >= 4 is 12.4 Å². The molecular weight excluding hydrogens is 258 g/mol. The SMILES string of the molecule is CC(C)(C)OC=O.COC1C=C(C(C)(C)C)C(=O)N1C. The Kier molecular flexibility index (Phi) is 6.41. The zero-order valence-electron chi connectivity index (χ0n) is 13.8. The number of carbonyl (C=O) groups excluding carboxylic acids is 2. The Morgan fingerprint density at radius 1 is 1.20 bits per heavy atom. The molecule has 0 fully saturated rings. The highest BCUT2D eigenvalue weighted by atomic mass is 16.5. The molecule has 0 bridgehead atoms. The molecular formula is C15H27NO4. The van der Waals surface area contributed by atoms with Crippen LogP contribution in [0.4, 0.5) is 0 Å². The molecule has 0 aromatic rings. The minimum atomic E-state index is -0.318. The second kappa shape index (κ2) is 6.88. The van der Waals surface area contributed by atoms with Crippen molar-refractivity contribution in [3.63, 3.8) is 0 Å². The molecule has 0 radical (unpaired) electrons. The van der Waals surface area contributed by atoms with Crippen LogP contribution in [0.5, 0.6) is 0 Å². The molecule has 0 saturated heterocycles. The Hall–Kier alpha value is -1.36. The van der Waals surface area contributed by atoms with Gasteiger partial charge in [-0.2, -0.15) is 0 Å². The van der Waals surface area contributed by atoms with Gasteiger partial charge in [0.2, 0.25) is 0 Å². The highest BCUT2D eigenvalue weighted by Gasteiger charge is 2.35. The number of hydrogen-bond donors (Lipinski definition) is 0. The van der Waals surface area contributed by atoms with Gasteiger partial charge in [0.25, 0.3) is 12.4 Å². The average Bonchev–Trinajstić information content (AvgIpc) is 2.54. The fraction of sp³-hybridized carbons (Fsp3) is 0.733. The smallest absolute Gasteiger partial charge is 0.293 e. The third kappa shape index (κ3) is 5.74. The summed E-state index contributed by atoms with van der Waals surface area (Å²) >= 11 is 0. The summed E-state index contributed by atoms with van der Waals surface area (Å²) < 4.78 is 9.70. The van der Waals surface area contributed by atoms with Crippen LogP contribution in [0.2, 0.25) is 0 Å². The Labute approximate surface area is 121 Å². The van der Waals surface area contributed by atoms with E-state index in [0.717, 1.165) is 5.57 Å². The predicted molar refractivity (Wildman–Crippen MR) is 78.0 cm³/mol. The number of rotatable bonds is 2. The Morgan fingerprint density at radius 3 is 1.85 bits per heavy atom. The molecule has 0 aromatic carbocycles. The minimum Gasteiger partial charge on any atom is -0.462 e. The number of carbonyl (C=O) groups is 2. The van der Waals surface area contributed by atoms with Crippen molar-refractivity contribution < 1.29 is 19.1 Å². The van der Waals surface area contributed by atoms with Gasteiger partial charge in [-0.25, -0.2) is 0 Å². The third-order valence-electron chi connectivity index (χ3n) is 2.69. The molecule has 1 amide bonds. The van der Waals surface area contributed by atoms with Gasteiger partial charge in [-0.3, -0.25) is 9.59 Å². The van der Waals surface area contributed by atoms with Crippen LogP contribution in [0.3, 0.4) is 0 Å². The Balaban J connectivity index is 0.000000441. The molecule has 1 atom stereocenters. The quantitative estimate of drug-likeness (QED) is 0.731. The summed E-state index contributed by atoms with van der Waals surface area (Å²) in [5.41, 5.74) is 0.419. The van der Waals surface area contributed by atoms with Crippen molar-refractivity contribution in [2.45, 2.75) is 53.4 Å². The highest BCUT2D eigenvalue weighted by Crippen LogP contribution is 2.31. The number of methoxy groups -OCH3 is 1. The summed E-state index contributed by atoms with van der Waals surface area (Å²) in [5.74, 6) is 0.0688. The first kappa shape index (κ1) is 18.6. The van der Waals surface area contributed by atoms with Gasteiger partial charge in [0.05, 0.1) is 0 Å². The van der Waals surface area contributed by atoms with E-state index in [4.69, 9.17) is 4.74 Å². The van der Waals surface area contributed by atoms with Gasteiger partial charge in [0, 0.05) is 19.7 Å². The van der Waals surface area contributed by atoms with Crippen LogP contribution in [0, 0.1) is 5.41 Å². The van der Waals surface area contributed by atoms with E-state index in [1.54, 1.807) is 19.1 Å². The molecule has 1 aliphatic rings. The summed E-state index contributed by atoms with van der Waals surface area (Å²) in [6.07, 6.45) is 1.70. The summed E-state index contributed by atoms with van der Waals surface area (Å²) in [4.78, 5) is 22.9. The third-order valence-corrected chi connectivity index (χ3v) is 2.69. The molecule has 0 saturated carbocycles. The van der Waals surface area contributed by atoms with Gasteiger partial charge in [-0.15, -0.1) is 0 Å². The summed E-state index contributed by atoms with van der Waals surface area (Å²) in [6.45, 7) is 12.0. The molecule has 116 valence electrons. The van der Waals surface area contributed by atoms with Crippen LogP contribution >= 0.6 is 0 Å². The normalized spacial score (nSPS) is 19.2. The van der Waals surface area contributed by atoms with Gasteiger partial charge in [-0.1, -0.05) is 20.8 Å². The van der Waals surface area contributed by atoms with E-state index < -0.39 is 0 Å². The molecule has 5 heteroatoms. The van der Waals surface area contributed by atoms with E-state index >= 15 is 0 Å². The fourth-order valence-corrected chi connectivity index (χ4v) is 1.57. The van der Waals surface area contributed by atoms with Crippen LogP contribution in [-0.4, -0.2) is 43.3 Å². The van der Waals surface area contributed by atoms with Crippen LogP contribution < -0.4 is 0 Å². The molecule has 20 heavy (non-hydrogen) atoms. The van der Waals surface area contributed by atoms with E-state index in [2.05, 4.69) is 4.74 Å². The molecule has 1 heterocycles. The zero-order chi connectivity index (χ0) is 16.1. The lowest BCUT2D eigenvalue weighted by atomic mass is 9.86. The van der Waals surface area contributed by atoms with E-state index in [0.29, 0.717) is 6.47 Å². The largest absolute Gasteiger partial charge is 0.462 e. The number of ether oxygens (including phenoxy) is 2. The van der Waals surface area contributed by atoms with E-state index in [1.165, 1.54) is 0 Å². The maximum Gasteiger partial charge on any atom is 0.293 e. The number of amides is 1. The molecule has 0 aliphatic carbocycles. The molecule has 0 spiro atoms. The lowest BCUT2D eigenvalue weighted by Crippen LogP contribution is -2.32. The number of hydrogen-bond acceptors (Lipinski definition) is 4. The van der Waals surface area contributed by atoms with Crippen LogP contribution in [0.25, 0.3) is 0 Å². The Morgan fingerprint density at radius 2 is 1.70 bits per heavy atom. The second-order valence-electron chi connectivity index (χ2n) is 6.70. The molecule has 1 unspecified atom stereocenters. The molecule has 5 nitrogen and oxygen atoms in total. The molecule has 0 aromatic heterocycles. The maximum absolute atomic E-state index is 11.7. The first-order chi connectivity index (χ1) is 8.94. The number of likely N-dealkylation sites (N-methyl/N-ethyl adjacent to an activating group) is 1. The van der Waals surface area contributed by atoms with Gasteiger partial charge in [-0.05, 0) is 32.3 Å². The Bertz CT molecular complexity index is 374. The first-order valence-electron chi connectivity index (χ1n) is 6.57. The summed E-state index contributed by atoms with van der Waals surface area (Å²) in [5, 5.41) is 0. The van der Waals surface area contributed by atoms with Crippen molar-refractivity contribution in [1.82, 2.24) is 4.90 Å². The highest BCUT2D eigenvalue weighted by molar-refractivity contribution is 5.97. The van der Waals surface area contributed by atoms with Crippen LogP contribution in [-0.2, 0) is 19.1 Å².